The van der Waals surface area contributed by atoms with E-state index < -0.39 is 6.10 Å². The third-order valence-corrected chi connectivity index (χ3v) is 2.87. The SMILES string of the molecule is CCC(CC)C(O)C(=O)c1cccnc1N. The molecule has 0 saturated heterocycles. The highest BCUT2D eigenvalue weighted by Crippen LogP contribution is 2.19. The van der Waals surface area contributed by atoms with Gasteiger partial charge in [0.1, 0.15) is 11.9 Å². The van der Waals surface area contributed by atoms with Gasteiger partial charge in [-0.05, 0) is 18.1 Å². The second kappa shape index (κ2) is 5.61. The number of aliphatic hydroxyl groups is 1. The Morgan fingerprint density at radius 3 is 2.62 bits per heavy atom. The van der Waals surface area contributed by atoms with Crippen molar-refractivity contribution in [2.24, 2.45) is 5.92 Å². The maximum atomic E-state index is 12.0. The molecule has 3 N–H and O–H groups in total. The van der Waals surface area contributed by atoms with Crippen LogP contribution in [0.3, 0.4) is 0 Å². The molecule has 1 aromatic heterocycles. The van der Waals surface area contributed by atoms with E-state index >= 15 is 0 Å². The number of pyridine rings is 1. The minimum atomic E-state index is -0.985. The first-order valence-corrected chi connectivity index (χ1v) is 5.54. The predicted molar refractivity (Wildman–Crippen MR) is 63.1 cm³/mol. The van der Waals surface area contributed by atoms with Gasteiger partial charge in [0.05, 0.1) is 5.56 Å². The Morgan fingerprint density at radius 1 is 1.50 bits per heavy atom. The average Bonchev–Trinajstić information content (AvgIpc) is 2.30. The molecule has 4 nitrogen and oxygen atoms in total. The van der Waals surface area contributed by atoms with Crippen LogP contribution in [0.25, 0.3) is 0 Å². The summed E-state index contributed by atoms with van der Waals surface area (Å²) in [7, 11) is 0. The Bertz CT molecular complexity index is 362. The van der Waals surface area contributed by atoms with E-state index in [2.05, 4.69) is 4.98 Å². The average molecular weight is 222 g/mol. The summed E-state index contributed by atoms with van der Waals surface area (Å²) in [6.07, 6.45) is 2.07. The Morgan fingerprint density at radius 2 is 2.12 bits per heavy atom. The molecule has 1 heterocycles. The third-order valence-electron chi connectivity index (χ3n) is 2.87. The van der Waals surface area contributed by atoms with E-state index in [1.54, 1.807) is 12.1 Å². The molecule has 0 amide bonds. The van der Waals surface area contributed by atoms with E-state index in [0.717, 1.165) is 12.8 Å². The van der Waals surface area contributed by atoms with Crippen molar-refractivity contribution in [3.8, 4) is 0 Å². The van der Waals surface area contributed by atoms with Gasteiger partial charge >= 0.3 is 0 Å². The van der Waals surface area contributed by atoms with Crippen molar-refractivity contribution in [2.75, 3.05) is 5.73 Å². The summed E-state index contributed by atoms with van der Waals surface area (Å²) in [6, 6.07) is 3.24. The summed E-state index contributed by atoms with van der Waals surface area (Å²) in [5.74, 6) is -0.177. The molecule has 0 aliphatic heterocycles. The Labute approximate surface area is 95.5 Å². The number of hydrogen-bond acceptors (Lipinski definition) is 4. The van der Waals surface area contributed by atoms with Crippen LogP contribution in [0.5, 0.6) is 0 Å². The van der Waals surface area contributed by atoms with Crippen molar-refractivity contribution in [3.05, 3.63) is 23.9 Å². The van der Waals surface area contributed by atoms with Crippen molar-refractivity contribution in [2.45, 2.75) is 32.8 Å². The summed E-state index contributed by atoms with van der Waals surface area (Å²) < 4.78 is 0. The van der Waals surface area contributed by atoms with E-state index in [-0.39, 0.29) is 17.5 Å². The zero-order valence-electron chi connectivity index (χ0n) is 9.68. The molecule has 1 atom stereocenters. The molecule has 0 saturated carbocycles. The van der Waals surface area contributed by atoms with Crippen molar-refractivity contribution in [3.63, 3.8) is 0 Å². The third kappa shape index (κ3) is 2.58. The second-order valence-electron chi connectivity index (χ2n) is 3.82. The molecule has 0 spiro atoms. The molecule has 1 unspecified atom stereocenters. The van der Waals surface area contributed by atoms with E-state index in [1.165, 1.54) is 6.20 Å². The summed E-state index contributed by atoms with van der Waals surface area (Å²) >= 11 is 0. The second-order valence-corrected chi connectivity index (χ2v) is 3.82. The van der Waals surface area contributed by atoms with Gasteiger partial charge in [0.2, 0.25) is 0 Å². The number of nitrogens with zero attached hydrogens (tertiary/aromatic N) is 1. The van der Waals surface area contributed by atoms with Crippen LogP contribution in [-0.4, -0.2) is 22.0 Å². The zero-order chi connectivity index (χ0) is 12.1. The largest absolute Gasteiger partial charge is 0.385 e. The first-order chi connectivity index (χ1) is 7.61. The summed E-state index contributed by atoms with van der Waals surface area (Å²) in [5.41, 5.74) is 5.91. The normalized spacial score (nSPS) is 12.8. The fraction of sp³-hybridized carbons (Fsp3) is 0.500. The van der Waals surface area contributed by atoms with E-state index in [0.29, 0.717) is 5.56 Å². The first kappa shape index (κ1) is 12.6. The maximum absolute atomic E-state index is 12.0. The number of aromatic nitrogens is 1. The number of nitrogen functional groups attached to an aromatic ring is 1. The summed E-state index contributed by atoms with van der Waals surface area (Å²) in [4.78, 5) is 15.8. The van der Waals surface area contributed by atoms with Gasteiger partial charge in [0.25, 0.3) is 0 Å². The molecule has 4 heteroatoms. The van der Waals surface area contributed by atoms with Crippen LogP contribution in [0, 0.1) is 5.92 Å². The molecule has 0 aliphatic rings. The monoisotopic (exact) mass is 222 g/mol. The Balaban J connectivity index is 2.90. The molecule has 1 aromatic rings. The molecule has 0 radical (unpaired) electrons. The van der Waals surface area contributed by atoms with Gasteiger partial charge in [0, 0.05) is 6.20 Å². The van der Waals surface area contributed by atoms with Gasteiger partial charge in [-0.25, -0.2) is 4.98 Å². The molecule has 0 bridgehead atoms. The highest BCUT2D eigenvalue weighted by molar-refractivity contribution is 6.02. The van der Waals surface area contributed by atoms with Crippen LogP contribution in [0.15, 0.2) is 18.3 Å². The molecule has 1 rings (SSSR count). The fourth-order valence-electron chi connectivity index (χ4n) is 1.73. The van der Waals surface area contributed by atoms with Crippen LogP contribution in [0.2, 0.25) is 0 Å². The highest BCUT2D eigenvalue weighted by atomic mass is 16.3. The number of carbonyl (C=O) groups excluding carboxylic acids is 1. The number of rotatable bonds is 5. The Kier molecular flexibility index (Phi) is 4.43. The lowest BCUT2D eigenvalue weighted by Gasteiger charge is -2.19. The number of hydrogen-bond donors (Lipinski definition) is 2. The van der Waals surface area contributed by atoms with Crippen molar-refractivity contribution in [1.29, 1.82) is 0 Å². The lowest BCUT2D eigenvalue weighted by molar-refractivity contribution is 0.0588. The van der Waals surface area contributed by atoms with Gasteiger partial charge in [-0.15, -0.1) is 0 Å². The van der Waals surface area contributed by atoms with Crippen LogP contribution in [0.4, 0.5) is 5.82 Å². The van der Waals surface area contributed by atoms with Crippen molar-refractivity contribution >= 4 is 11.6 Å². The number of anilines is 1. The summed E-state index contributed by atoms with van der Waals surface area (Å²) in [6.45, 7) is 3.91. The quantitative estimate of drug-likeness (QED) is 0.742. The number of ketones is 1. The number of Topliss-reactive ketones (excluding diaryl/α,β-unsaturated/α-hetero) is 1. The molecular formula is C12H18N2O2. The molecular weight excluding hydrogens is 204 g/mol. The fourth-order valence-corrected chi connectivity index (χ4v) is 1.73. The topological polar surface area (TPSA) is 76.2 Å². The number of nitrogens with two attached hydrogens (primary N) is 1. The molecule has 88 valence electrons. The van der Waals surface area contributed by atoms with E-state index in [4.69, 9.17) is 5.73 Å². The first-order valence-electron chi connectivity index (χ1n) is 5.54. The lowest BCUT2D eigenvalue weighted by atomic mass is 9.91. The smallest absolute Gasteiger partial charge is 0.195 e. The summed E-state index contributed by atoms with van der Waals surface area (Å²) in [5, 5.41) is 9.92. The Hall–Kier alpha value is -1.42. The van der Waals surface area contributed by atoms with Crippen LogP contribution in [-0.2, 0) is 0 Å². The molecule has 0 aromatic carbocycles. The number of aliphatic hydroxyl groups excluding tert-OH is 1. The highest BCUT2D eigenvalue weighted by Gasteiger charge is 2.25. The maximum Gasteiger partial charge on any atom is 0.195 e. The van der Waals surface area contributed by atoms with E-state index in [9.17, 15) is 9.90 Å². The van der Waals surface area contributed by atoms with Crippen LogP contribution in [0.1, 0.15) is 37.0 Å². The van der Waals surface area contributed by atoms with Gasteiger partial charge < -0.3 is 10.8 Å². The van der Waals surface area contributed by atoms with Gasteiger partial charge in [-0.3, -0.25) is 4.79 Å². The van der Waals surface area contributed by atoms with Crippen LogP contribution >= 0.6 is 0 Å². The van der Waals surface area contributed by atoms with Gasteiger partial charge in [-0.1, -0.05) is 26.7 Å². The van der Waals surface area contributed by atoms with Crippen molar-refractivity contribution in [1.82, 2.24) is 4.98 Å². The van der Waals surface area contributed by atoms with Crippen molar-refractivity contribution < 1.29 is 9.90 Å². The lowest BCUT2D eigenvalue weighted by Crippen LogP contribution is -2.29. The molecule has 0 aliphatic carbocycles. The molecule has 0 fully saturated rings. The van der Waals surface area contributed by atoms with Gasteiger partial charge in [0.15, 0.2) is 5.78 Å². The molecule has 16 heavy (non-hydrogen) atoms. The standard InChI is InChI=1S/C12H18N2O2/c1-3-8(4-2)10(15)11(16)9-6-5-7-14-12(9)13/h5-8,10,15H,3-4H2,1-2H3,(H2,13,14). The minimum Gasteiger partial charge on any atom is -0.385 e. The van der Waals surface area contributed by atoms with E-state index in [1.807, 2.05) is 13.8 Å². The minimum absolute atomic E-state index is 0.0212. The van der Waals surface area contributed by atoms with Crippen LogP contribution < -0.4 is 5.73 Å². The number of carbonyl (C=O) groups is 1. The predicted octanol–water partition coefficient (Wildman–Crippen LogP) is 1.64. The van der Waals surface area contributed by atoms with Gasteiger partial charge in [-0.2, -0.15) is 0 Å². The zero-order valence-corrected chi connectivity index (χ0v) is 9.68.